The molecule has 0 aliphatic rings. The molecule has 1 aromatic carbocycles. The van der Waals surface area contributed by atoms with Crippen LogP contribution in [0, 0.1) is 0 Å². The van der Waals surface area contributed by atoms with E-state index in [4.69, 9.17) is 9.15 Å². The van der Waals surface area contributed by atoms with Crippen LogP contribution in [0.25, 0.3) is 0 Å². The standard InChI is InChI=1S/C17H23N3O5S/c1-12(6-8-14-5-4-10-25-14)18-17(21)19-13-7-9-16(24-2)15(11-13)20-26(3,22)23/h4-5,7,9-12,20H,6,8H2,1-3H3,(H2,18,19,21)/t12-/m1/s1. The Morgan fingerprint density at radius 1 is 1.31 bits per heavy atom. The van der Waals surface area contributed by atoms with Crippen molar-refractivity contribution in [1.82, 2.24) is 5.32 Å². The van der Waals surface area contributed by atoms with Crippen LogP contribution in [0.1, 0.15) is 19.1 Å². The van der Waals surface area contributed by atoms with Crippen molar-refractivity contribution in [1.29, 1.82) is 0 Å². The van der Waals surface area contributed by atoms with Crippen LogP contribution in [0.4, 0.5) is 16.2 Å². The summed E-state index contributed by atoms with van der Waals surface area (Å²) in [7, 11) is -2.04. The zero-order valence-electron chi connectivity index (χ0n) is 14.9. The predicted molar refractivity (Wildman–Crippen MR) is 100 cm³/mol. The Balaban J connectivity index is 1.94. The molecule has 2 aromatic rings. The quantitative estimate of drug-likeness (QED) is 0.651. The molecular formula is C17H23N3O5S. The second-order valence-corrected chi connectivity index (χ2v) is 7.66. The Morgan fingerprint density at radius 3 is 2.69 bits per heavy atom. The molecule has 0 radical (unpaired) electrons. The normalized spacial score (nSPS) is 12.3. The molecule has 0 bridgehead atoms. The minimum atomic E-state index is -3.47. The monoisotopic (exact) mass is 381 g/mol. The van der Waals surface area contributed by atoms with Crippen LogP contribution < -0.4 is 20.1 Å². The minimum absolute atomic E-state index is 0.0630. The highest BCUT2D eigenvalue weighted by molar-refractivity contribution is 7.92. The van der Waals surface area contributed by atoms with Gasteiger partial charge < -0.3 is 19.8 Å². The van der Waals surface area contributed by atoms with Crippen LogP contribution >= 0.6 is 0 Å². The Morgan fingerprint density at radius 2 is 2.08 bits per heavy atom. The molecule has 1 atom stereocenters. The average Bonchev–Trinajstić information content (AvgIpc) is 3.05. The molecule has 0 aliphatic heterocycles. The smallest absolute Gasteiger partial charge is 0.319 e. The fourth-order valence-electron chi connectivity index (χ4n) is 2.34. The van der Waals surface area contributed by atoms with E-state index in [1.807, 2.05) is 19.1 Å². The third-order valence-electron chi connectivity index (χ3n) is 3.53. The summed E-state index contributed by atoms with van der Waals surface area (Å²) >= 11 is 0. The SMILES string of the molecule is COc1ccc(NC(=O)N[C@H](C)CCc2ccco2)cc1NS(C)(=O)=O. The van der Waals surface area contributed by atoms with Crippen molar-refractivity contribution in [3.8, 4) is 5.75 Å². The van der Waals surface area contributed by atoms with Gasteiger partial charge in [-0.3, -0.25) is 4.72 Å². The van der Waals surface area contributed by atoms with Gasteiger partial charge in [0, 0.05) is 18.2 Å². The number of hydrogen-bond donors (Lipinski definition) is 3. The number of sulfonamides is 1. The minimum Gasteiger partial charge on any atom is -0.495 e. The molecule has 3 N–H and O–H groups in total. The van der Waals surface area contributed by atoms with Gasteiger partial charge in [-0.15, -0.1) is 0 Å². The molecule has 9 heteroatoms. The van der Waals surface area contributed by atoms with Crippen molar-refractivity contribution in [3.05, 3.63) is 42.4 Å². The molecule has 142 valence electrons. The third-order valence-corrected chi connectivity index (χ3v) is 4.12. The number of benzene rings is 1. The van der Waals surface area contributed by atoms with E-state index < -0.39 is 10.0 Å². The first-order chi connectivity index (χ1) is 12.3. The van der Waals surface area contributed by atoms with Crippen molar-refractivity contribution in [3.63, 3.8) is 0 Å². The number of hydrogen-bond acceptors (Lipinski definition) is 5. The van der Waals surface area contributed by atoms with Crippen LogP contribution in [0.5, 0.6) is 5.75 Å². The second-order valence-electron chi connectivity index (χ2n) is 5.91. The number of ether oxygens (including phenoxy) is 1. The molecule has 8 nitrogen and oxygen atoms in total. The van der Waals surface area contributed by atoms with Crippen molar-refractivity contribution in [2.45, 2.75) is 25.8 Å². The highest BCUT2D eigenvalue weighted by atomic mass is 32.2. The summed E-state index contributed by atoms with van der Waals surface area (Å²) in [5, 5.41) is 5.51. The number of furan rings is 1. The second kappa shape index (κ2) is 8.61. The number of nitrogens with one attached hydrogen (secondary N) is 3. The fraction of sp³-hybridized carbons (Fsp3) is 0.353. The summed E-state index contributed by atoms with van der Waals surface area (Å²) in [6, 6.07) is 7.96. The molecule has 0 spiro atoms. The van der Waals surface area contributed by atoms with Gasteiger partial charge in [0.1, 0.15) is 11.5 Å². The molecule has 2 rings (SSSR count). The van der Waals surface area contributed by atoms with Gasteiger partial charge in [-0.1, -0.05) is 0 Å². The van der Waals surface area contributed by atoms with Gasteiger partial charge in [0.25, 0.3) is 0 Å². The number of methoxy groups -OCH3 is 1. The molecule has 0 fully saturated rings. The van der Waals surface area contributed by atoms with E-state index in [2.05, 4.69) is 15.4 Å². The largest absolute Gasteiger partial charge is 0.495 e. The van der Waals surface area contributed by atoms with E-state index in [0.717, 1.165) is 24.9 Å². The first-order valence-electron chi connectivity index (χ1n) is 8.02. The van der Waals surface area contributed by atoms with E-state index >= 15 is 0 Å². The topological polar surface area (TPSA) is 110 Å². The van der Waals surface area contributed by atoms with Crippen LogP contribution in [0.2, 0.25) is 0 Å². The zero-order valence-corrected chi connectivity index (χ0v) is 15.7. The van der Waals surface area contributed by atoms with Gasteiger partial charge in [0.2, 0.25) is 10.0 Å². The van der Waals surface area contributed by atoms with Crippen molar-refractivity contribution < 1.29 is 22.4 Å². The lowest BCUT2D eigenvalue weighted by Gasteiger charge is -2.15. The van der Waals surface area contributed by atoms with E-state index in [9.17, 15) is 13.2 Å². The van der Waals surface area contributed by atoms with Crippen molar-refractivity contribution in [2.24, 2.45) is 0 Å². The van der Waals surface area contributed by atoms with Crippen molar-refractivity contribution in [2.75, 3.05) is 23.4 Å². The highest BCUT2D eigenvalue weighted by Gasteiger charge is 2.12. The maximum atomic E-state index is 12.1. The van der Waals surface area contributed by atoms with Crippen LogP contribution in [-0.2, 0) is 16.4 Å². The van der Waals surface area contributed by atoms with Crippen LogP contribution in [0.3, 0.4) is 0 Å². The number of carbonyl (C=O) groups is 1. The molecule has 0 aliphatic carbocycles. The molecule has 0 saturated carbocycles. The maximum Gasteiger partial charge on any atom is 0.319 e. The fourth-order valence-corrected chi connectivity index (χ4v) is 2.90. The Kier molecular flexibility index (Phi) is 6.51. The third kappa shape index (κ3) is 6.32. The lowest BCUT2D eigenvalue weighted by atomic mass is 10.1. The van der Waals surface area contributed by atoms with E-state index in [1.54, 1.807) is 18.4 Å². The van der Waals surface area contributed by atoms with Crippen LogP contribution in [-0.4, -0.2) is 33.9 Å². The molecule has 2 amide bonds. The Labute approximate surface area is 153 Å². The van der Waals surface area contributed by atoms with Crippen LogP contribution in [0.15, 0.2) is 41.0 Å². The Bertz CT molecular complexity index is 834. The number of amides is 2. The highest BCUT2D eigenvalue weighted by Crippen LogP contribution is 2.28. The summed E-state index contributed by atoms with van der Waals surface area (Å²) in [5.74, 6) is 1.22. The molecule has 1 aromatic heterocycles. The van der Waals surface area contributed by atoms with E-state index in [1.165, 1.54) is 13.2 Å². The van der Waals surface area contributed by atoms with Gasteiger partial charge in [0.15, 0.2) is 0 Å². The lowest BCUT2D eigenvalue weighted by molar-refractivity contribution is 0.248. The Hall–Kier alpha value is -2.68. The molecule has 1 heterocycles. The number of carbonyl (C=O) groups excluding carboxylic acids is 1. The summed E-state index contributed by atoms with van der Waals surface area (Å²) in [5.41, 5.74) is 0.686. The molecular weight excluding hydrogens is 358 g/mol. The van der Waals surface area contributed by atoms with Gasteiger partial charge in [-0.25, -0.2) is 13.2 Å². The summed E-state index contributed by atoms with van der Waals surface area (Å²) in [4.78, 5) is 12.1. The average molecular weight is 381 g/mol. The van der Waals surface area contributed by atoms with E-state index in [0.29, 0.717) is 11.4 Å². The maximum absolute atomic E-state index is 12.1. The summed E-state index contributed by atoms with van der Waals surface area (Å²) < 4.78 is 35.6. The summed E-state index contributed by atoms with van der Waals surface area (Å²) in [6.07, 6.45) is 4.11. The predicted octanol–water partition coefficient (Wildman–Crippen LogP) is 2.80. The molecule has 26 heavy (non-hydrogen) atoms. The number of rotatable bonds is 8. The number of anilines is 2. The van der Waals surface area contributed by atoms with Gasteiger partial charge in [-0.05, 0) is 43.7 Å². The summed E-state index contributed by atoms with van der Waals surface area (Å²) in [6.45, 7) is 1.90. The van der Waals surface area contributed by atoms with Crippen molar-refractivity contribution >= 4 is 27.4 Å². The first kappa shape index (κ1) is 19.6. The first-order valence-corrected chi connectivity index (χ1v) is 9.91. The number of aryl methyl sites for hydroxylation is 1. The molecule has 0 saturated heterocycles. The van der Waals surface area contributed by atoms with Gasteiger partial charge >= 0.3 is 6.03 Å². The lowest BCUT2D eigenvalue weighted by Crippen LogP contribution is -2.36. The van der Waals surface area contributed by atoms with Gasteiger partial charge in [-0.2, -0.15) is 0 Å². The zero-order chi connectivity index (χ0) is 19.2. The van der Waals surface area contributed by atoms with Gasteiger partial charge in [0.05, 0.1) is 25.3 Å². The number of urea groups is 1. The molecule has 0 unspecified atom stereocenters. The van der Waals surface area contributed by atoms with E-state index in [-0.39, 0.29) is 17.8 Å².